The Bertz CT molecular complexity index is 463. The van der Waals surface area contributed by atoms with Gasteiger partial charge in [0.2, 0.25) is 5.91 Å². The van der Waals surface area contributed by atoms with Crippen LogP contribution in [0, 0.1) is 5.41 Å². The number of aliphatic carboxylic acids is 1. The standard InChI is InChI=1S/C14H18ClNO3/c1-14(2,3)13(19)16-11(8-12(17)18)9-4-6-10(15)7-5-9/h4-7,11H,8H2,1-3H3,(H,16,19)(H,17,18)/p-1/t11-/m0/s1. The van der Waals surface area contributed by atoms with Crippen molar-refractivity contribution in [2.45, 2.75) is 33.2 Å². The molecule has 0 aliphatic heterocycles. The predicted molar refractivity (Wildman–Crippen MR) is 71.4 cm³/mol. The minimum atomic E-state index is -1.21. The molecule has 5 heteroatoms. The zero-order chi connectivity index (χ0) is 14.6. The van der Waals surface area contributed by atoms with Crippen molar-refractivity contribution in [1.82, 2.24) is 5.32 Å². The molecule has 0 spiro atoms. The molecule has 0 aliphatic carbocycles. The molecule has 1 aromatic rings. The van der Waals surface area contributed by atoms with Crippen LogP contribution in [0.2, 0.25) is 5.02 Å². The Morgan fingerprint density at radius 3 is 2.21 bits per heavy atom. The fraction of sp³-hybridized carbons (Fsp3) is 0.429. The predicted octanol–water partition coefficient (Wildman–Crippen LogP) is 1.68. The van der Waals surface area contributed by atoms with Crippen LogP contribution in [0.15, 0.2) is 24.3 Å². The summed E-state index contributed by atoms with van der Waals surface area (Å²) in [5, 5.41) is 14.1. The van der Waals surface area contributed by atoms with Crippen molar-refractivity contribution < 1.29 is 14.7 Å². The van der Waals surface area contributed by atoms with E-state index in [1.807, 2.05) is 0 Å². The van der Waals surface area contributed by atoms with E-state index in [1.165, 1.54) is 0 Å². The number of rotatable bonds is 4. The van der Waals surface area contributed by atoms with Crippen LogP contribution in [-0.4, -0.2) is 11.9 Å². The molecule has 0 radical (unpaired) electrons. The summed E-state index contributed by atoms with van der Waals surface area (Å²) in [6.45, 7) is 5.29. The molecule has 4 nitrogen and oxygen atoms in total. The fourth-order valence-electron chi connectivity index (χ4n) is 1.49. The zero-order valence-electron chi connectivity index (χ0n) is 11.2. The van der Waals surface area contributed by atoms with Crippen LogP contribution in [0.1, 0.15) is 38.8 Å². The number of carboxylic acids is 1. The molecule has 0 unspecified atom stereocenters. The second-order valence-electron chi connectivity index (χ2n) is 5.40. The Kier molecular flexibility index (Phi) is 4.95. The monoisotopic (exact) mass is 282 g/mol. The van der Waals surface area contributed by atoms with E-state index in [1.54, 1.807) is 45.0 Å². The van der Waals surface area contributed by atoms with Crippen molar-refractivity contribution in [3.05, 3.63) is 34.9 Å². The topological polar surface area (TPSA) is 69.2 Å². The second kappa shape index (κ2) is 6.06. The van der Waals surface area contributed by atoms with Gasteiger partial charge in [-0.2, -0.15) is 0 Å². The molecule has 19 heavy (non-hydrogen) atoms. The Labute approximate surface area is 117 Å². The quantitative estimate of drug-likeness (QED) is 0.913. The number of halogens is 1. The van der Waals surface area contributed by atoms with Crippen LogP contribution < -0.4 is 10.4 Å². The lowest BCUT2D eigenvalue weighted by Crippen LogP contribution is -2.39. The molecule has 0 saturated carbocycles. The van der Waals surface area contributed by atoms with Gasteiger partial charge in [-0.25, -0.2) is 0 Å². The van der Waals surface area contributed by atoms with Crippen molar-refractivity contribution in [2.24, 2.45) is 5.41 Å². The Morgan fingerprint density at radius 1 is 1.26 bits per heavy atom. The van der Waals surface area contributed by atoms with Gasteiger partial charge in [-0.3, -0.25) is 4.79 Å². The molecule has 0 aromatic heterocycles. The SMILES string of the molecule is CC(C)(C)C(=O)N[C@@H](CC(=O)[O-])c1ccc(Cl)cc1. The highest BCUT2D eigenvalue weighted by molar-refractivity contribution is 6.30. The summed E-state index contributed by atoms with van der Waals surface area (Å²) in [5.41, 5.74) is 0.0996. The van der Waals surface area contributed by atoms with Gasteiger partial charge in [-0.1, -0.05) is 44.5 Å². The van der Waals surface area contributed by atoms with Crippen molar-refractivity contribution in [3.63, 3.8) is 0 Å². The normalized spacial score (nSPS) is 12.8. The first-order chi connectivity index (χ1) is 8.70. The van der Waals surface area contributed by atoms with Crippen LogP contribution in [-0.2, 0) is 9.59 Å². The van der Waals surface area contributed by atoms with Crippen molar-refractivity contribution >= 4 is 23.5 Å². The van der Waals surface area contributed by atoms with Crippen molar-refractivity contribution in [1.29, 1.82) is 0 Å². The van der Waals surface area contributed by atoms with E-state index in [9.17, 15) is 14.7 Å². The van der Waals surface area contributed by atoms with Gasteiger partial charge in [-0.15, -0.1) is 0 Å². The summed E-state index contributed by atoms with van der Waals surface area (Å²) in [6.07, 6.45) is -0.274. The maximum Gasteiger partial charge on any atom is 0.225 e. The number of hydrogen-bond acceptors (Lipinski definition) is 3. The summed E-state index contributed by atoms with van der Waals surface area (Å²) >= 11 is 5.78. The summed E-state index contributed by atoms with van der Waals surface area (Å²) in [7, 11) is 0. The number of nitrogens with one attached hydrogen (secondary N) is 1. The molecule has 1 aromatic carbocycles. The van der Waals surface area contributed by atoms with Gasteiger partial charge in [0.15, 0.2) is 0 Å². The lowest BCUT2D eigenvalue weighted by atomic mass is 9.94. The third kappa shape index (κ3) is 4.91. The third-order valence-corrected chi connectivity index (χ3v) is 2.88. The lowest BCUT2D eigenvalue weighted by Gasteiger charge is -2.25. The van der Waals surface area contributed by atoms with E-state index >= 15 is 0 Å². The van der Waals surface area contributed by atoms with E-state index in [4.69, 9.17) is 11.6 Å². The molecule has 1 rings (SSSR count). The van der Waals surface area contributed by atoms with Crippen LogP contribution in [0.3, 0.4) is 0 Å². The molecular weight excluding hydrogens is 266 g/mol. The molecule has 1 atom stereocenters. The smallest absolute Gasteiger partial charge is 0.225 e. The summed E-state index contributed by atoms with van der Waals surface area (Å²) in [6, 6.07) is 6.08. The Hall–Kier alpha value is -1.55. The van der Waals surface area contributed by atoms with Gasteiger partial charge in [0.25, 0.3) is 0 Å². The van der Waals surface area contributed by atoms with Gasteiger partial charge >= 0.3 is 0 Å². The summed E-state index contributed by atoms with van der Waals surface area (Å²) in [5.74, 6) is -1.43. The maximum atomic E-state index is 11.9. The number of carboxylic acid groups (broad SMARTS) is 1. The average molecular weight is 283 g/mol. The van der Waals surface area contributed by atoms with Gasteiger partial charge < -0.3 is 15.2 Å². The van der Waals surface area contributed by atoms with Crippen LogP contribution >= 0.6 is 11.6 Å². The van der Waals surface area contributed by atoms with Gasteiger partial charge in [-0.05, 0) is 17.7 Å². The second-order valence-corrected chi connectivity index (χ2v) is 5.84. The van der Waals surface area contributed by atoms with E-state index in [0.717, 1.165) is 0 Å². The van der Waals surface area contributed by atoms with Crippen LogP contribution in [0.4, 0.5) is 0 Å². The van der Waals surface area contributed by atoms with Crippen LogP contribution in [0.5, 0.6) is 0 Å². The van der Waals surface area contributed by atoms with Gasteiger partial charge in [0.05, 0.1) is 6.04 Å². The van der Waals surface area contributed by atoms with Crippen LogP contribution in [0.25, 0.3) is 0 Å². The first-order valence-corrected chi connectivity index (χ1v) is 6.34. The minimum Gasteiger partial charge on any atom is -0.550 e. The highest BCUT2D eigenvalue weighted by atomic mass is 35.5. The van der Waals surface area contributed by atoms with E-state index in [2.05, 4.69) is 5.32 Å². The highest BCUT2D eigenvalue weighted by Crippen LogP contribution is 2.22. The molecular formula is C14H17ClNO3-. The summed E-state index contributed by atoms with van der Waals surface area (Å²) in [4.78, 5) is 22.7. The first kappa shape index (κ1) is 15.5. The number of carbonyl (C=O) groups excluding carboxylic acids is 2. The molecule has 0 fully saturated rings. The fourth-order valence-corrected chi connectivity index (χ4v) is 1.61. The Balaban J connectivity index is 2.92. The molecule has 104 valence electrons. The maximum absolute atomic E-state index is 11.9. The number of carbonyl (C=O) groups is 2. The van der Waals surface area contributed by atoms with E-state index in [-0.39, 0.29) is 12.3 Å². The van der Waals surface area contributed by atoms with E-state index in [0.29, 0.717) is 10.6 Å². The molecule has 1 N–H and O–H groups in total. The number of amides is 1. The zero-order valence-corrected chi connectivity index (χ0v) is 12.0. The molecule has 0 aliphatic rings. The Morgan fingerprint density at radius 2 is 1.79 bits per heavy atom. The van der Waals surface area contributed by atoms with Crippen molar-refractivity contribution in [3.8, 4) is 0 Å². The molecule has 0 bridgehead atoms. The first-order valence-electron chi connectivity index (χ1n) is 5.96. The highest BCUT2D eigenvalue weighted by Gasteiger charge is 2.24. The van der Waals surface area contributed by atoms with Gasteiger partial charge in [0, 0.05) is 22.8 Å². The number of hydrogen-bond donors (Lipinski definition) is 1. The van der Waals surface area contributed by atoms with E-state index < -0.39 is 17.4 Å². The van der Waals surface area contributed by atoms with Crippen molar-refractivity contribution in [2.75, 3.05) is 0 Å². The third-order valence-electron chi connectivity index (χ3n) is 2.63. The molecule has 1 amide bonds. The summed E-state index contributed by atoms with van der Waals surface area (Å²) < 4.78 is 0. The molecule has 0 heterocycles. The largest absolute Gasteiger partial charge is 0.550 e. The number of benzene rings is 1. The van der Waals surface area contributed by atoms with Gasteiger partial charge in [0.1, 0.15) is 0 Å². The average Bonchev–Trinajstić information content (AvgIpc) is 2.27. The lowest BCUT2D eigenvalue weighted by molar-refractivity contribution is -0.306. The molecule has 0 saturated heterocycles. The minimum absolute atomic E-state index is 0.214.